The first kappa shape index (κ1) is 16.2. The van der Waals surface area contributed by atoms with Crippen molar-refractivity contribution >= 4 is 23.2 Å². The van der Waals surface area contributed by atoms with Gasteiger partial charge in [0.2, 0.25) is 0 Å². The summed E-state index contributed by atoms with van der Waals surface area (Å²) in [5.41, 5.74) is 0.603. The second-order valence-electron chi connectivity index (χ2n) is 4.67. The highest BCUT2D eigenvalue weighted by molar-refractivity contribution is 6.32. The van der Waals surface area contributed by atoms with Crippen molar-refractivity contribution in [1.82, 2.24) is 0 Å². The van der Waals surface area contributed by atoms with Gasteiger partial charge in [0.05, 0.1) is 12.1 Å². The SMILES string of the molecule is CC[C@H](Oc1ccccc1)C(=O)Nc1ccc(OC)c(Cl)c1. The van der Waals surface area contributed by atoms with Crippen LogP contribution in [0.4, 0.5) is 5.69 Å². The van der Waals surface area contributed by atoms with Crippen molar-refractivity contribution in [1.29, 1.82) is 0 Å². The van der Waals surface area contributed by atoms with Gasteiger partial charge in [-0.05, 0) is 36.8 Å². The lowest BCUT2D eigenvalue weighted by Crippen LogP contribution is -2.32. The number of rotatable bonds is 6. The highest BCUT2D eigenvalue weighted by Gasteiger charge is 2.18. The molecule has 0 bridgehead atoms. The average molecular weight is 320 g/mol. The minimum absolute atomic E-state index is 0.215. The largest absolute Gasteiger partial charge is 0.495 e. The zero-order chi connectivity index (χ0) is 15.9. The molecule has 0 spiro atoms. The van der Waals surface area contributed by atoms with Gasteiger partial charge in [0.1, 0.15) is 11.5 Å². The van der Waals surface area contributed by atoms with Crippen molar-refractivity contribution in [2.75, 3.05) is 12.4 Å². The van der Waals surface area contributed by atoms with E-state index >= 15 is 0 Å². The van der Waals surface area contributed by atoms with E-state index in [2.05, 4.69) is 5.32 Å². The molecule has 4 nitrogen and oxygen atoms in total. The van der Waals surface area contributed by atoms with Crippen molar-refractivity contribution in [2.24, 2.45) is 0 Å². The third kappa shape index (κ3) is 4.15. The van der Waals surface area contributed by atoms with Crippen molar-refractivity contribution < 1.29 is 14.3 Å². The first-order chi connectivity index (χ1) is 10.6. The number of benzene rings is 2. The topological polar surface area (TPSA) is 47.6 Å². The Morgan fingerprint density at radius 1 is 1.23 bits per heavy atom. The van der Waals surface area contributed by atoms with Gasteiger partial charge in [0.25, 0.3) is 5.91 Å². The summed E-state index contributed by atoms with van der Waals surface area (Å²) >= 11 is 6.05. The van der Waals surface area contributed by atoms with Gasteiger partial charge in [0, 0.05) is 5.69 Å². The number of anilines is 1. The maximum atomic E-state index is 12.3. The van der Waals surface area contributed by atoms with E-state index in [9.17, 15) is 4.79 Å². The van der Waals surface area contributed by atoms with Crippen LogP contribution in [-0.2, 0) is 4.79 Å². The van der Waals surface area contributed by atoms with Crippen LogP contribution in [0.5, 0.6) is 11.5 Å². The predicted molar refractivity (Wildman–Crippen MR) is 87.8 cm³/mol. The fourth-order valence-electron chi connectivity index (χ4n) is 1.95. The number of carbonyl (C=O) groups excluding carboxylic acids is 1. The second kappa shape index (κ2) is 7.71. The molecule has 22 heavy (non-hydrogen) atoms. The lowest BCUT2D eigenvalue weighted by molar-refractivity contribution is -0.122. The van der Waals surface area contributed by atoms with Crippen molar-refractivity contribution in [3.05, 3.63) is 53.6 Å². The van der Waals surface area contributed by atoms with Crippen LogP contribution < -0.4 is 14.8 Å². The van der Waals surface area contributed by atoms with Gasteiger partial charge in [0.15, 0.2) is 6.10 Å². The molecule has 0 saturated carbocycles. The maximum absolute atomic E-state index is 12.3. The molecule has 0 aliphatic rings. The Kier molecular flexibility index (Phi) is 5.67. The monoisotopic (exact) mass is 319 g/mol. The zero-order valence-electron chi connectivity index (χ0n) is 12.5. The van der Waals surface area contributed by atoms with E-state index in [1.165, 1.54) is 0 Å². The summed E-state index contributed by atoms with van der Waals surface area (Å²) in [5.74, 6) is 1.01. The summed E-state index contributed by atoms with van der Waals surface area (Å²) < 4.78 is 10.8. The molecule has 0 radical (unpaired) electrons. The van der Waals surface area contributed by atoms with E-state index in [1.54, 1.807) is 25.3 Å². The van der Waals surface area contributed by atoms with Gasteiger partial charge in [-0.3, -0.25) is 4.79 Å². The normalized spacial score (nSPS) is 11.6. The van der Waals surface area contributed by atoms with Gasteiger partial charge in [-0.1, -0.05) is 36.7 Å². The number of methoxy groups -OCH3 is 1. The smallest absolute Gasteiger partial charge is 0.265 e. The third-order valence-electron chi connectivity index (χ3n) is 3.10. The number of nitrogens with one attached hydrogen (secondary N) is 1. The molecule has 116 valence electrons. The Morgan fingerprint density at radius 2 is 1.95 bits per heavy atom. The number of ether oxygens (including phenoxy) is 2. The molecule has 1 amide bonds. The summed E-state index contributed by atoms with van der Waals surface area (Å²) in [4.78, 5) is 12.3. The molecule has 5 heteroatoms. The molecule has 0 saturated heterocycles. The fourth-order valence-corrected chi connectivity index (χ4v) is 2.21. The molecule has 2 rings (SSSR count). The van der Waals surface area contributed by atoms with E-state index in [1.807, 2.05) is 37.3 Å². The summed E-state index contributed by atoms with van der Waals surface area (Å²) in [6, 6.07) is 14.3. The van der Waals surface area contributed by atoms with Gasteiger partial charge in [-0.2, -0.15) is 0 Å². The Balaban J connectivity index is 2.04. The molecule has 0 unspecified atom stereocenters. The van der Waals surface area contributed by atoms with Crippen molar-refractivity contribution in [2.45, 2.75) is 19.4 Å². The van der Waals surface area contributed by atoms with Crippen molar-refractivity contribution in [3.8, 4) is 11.5 Å². The van der Waals surface area contributed by atoms with Crippen LogP contribution in [0, 0.1) is 0 Å². The van der Waals surface area contributed by atoms with Crippen LogP contribution in [-0.4, -0.2) is 19.1 Å². The highest BCUT2D eigenvalue weighted by Crippen LogP contribution is 2.27. The highest BCUT2D eigenvalue weighted by atomic mass is 35.5. The van der Waals surface area contributed by atoms with Crippen LogP contribution >= 0.6 is 11.6 Å². The lowest BCUT2D eigenvalue weighted by atomic mass is 10.2. The molecule has 0 aromatic heterocycles. The van der Waals surface area contributed by atoms with Gasteiger partial charge in [-0.25, -0.2) is 0 Å². The first-order valence-electron chi connectivity index (χ1n) is 7.00. The van der Waals surface area contributed by atoms with Crippen LogP contribution in [0.2, 0.25) is 5.02 Å². The fraction of sp³-hybridized carbons (Fsp3) is 0.235. The first-order valence-corrected chi connectivity index (χ1v) is 7.38. The second-order valence-corrected chi connectivity index (χ2v) is 5.07. The number of halogens is 1. The molecule has 0 fully saturated rings. The maximum Gasteiger partial charge on any atom is 0.265 e. The van der Waals surface area contributed by atoms with E-state index in [4.69, 9.17) is 21.1 Å². The van der Waals surface area contributed by atoms with E-state index in [0.717, 1.165) is 0 Å². The quantitative estimate of drug-likeness (QED) is 0.870. The molecular weight excluding hydrogens is 302 g/mol. The van der Waals surface area contributed by atoms with Crippen LogP contribution in [0.3, 0.4) is 0 Å². The zero-order valence-corrected chi connectivity index (χ0v) is 13.3. The minimum Gasteiger partial charge on any atom is -0.495 e. The summed E-state index contributed by atoms with van der Waals surface area (Å²) in [6.07, 6.45) is -0.00628. The molecule has 2 aromatic carbocycles. The molecule has 0 heterocycles. The Bertz CT molecular complexity index is 631. The molecular formula is C17H18ClNO3. The van der Waals surface area contributed by atoms with Crippen LogP contribution in [0.1, 0.15) is 13.3 Å². The number of hydrogen-bond donors (Lipinski definition) is 1. The Morgan fingerprint density at radius 3 is 2.55 bits per heavy atom. The van der Waals surface area contributed by atoms with Crippen LogP contribution in [0.25, 0.3) is 0 Å². The summed E-state index contributed by atoms with van der Waals surface area (Å²) in [7, 11) is 1.54. The number of carbonyl (C=O) groups is 1. The average Bonchev–Trinajstić information content (AvgIpc) is 2.53. The number of hydrogen-bond acceptors (Lipinski definition) is 3. The lowest BCUT2D eigenvalue weighted by Gasteiger charge is -2.17. The van der Waals surface area contributed by atoms with Gasteiger partial charge in [-0.15, -0.1) is 0 Å². The third-order valence-corrected chi connectivity index (χ3v) is 3.40. The predicted octanol–water partition coefficient (Wildman–Crippen LogP) is 4.14. The summed E-state index contributed by atoms with van der Waals surface area (Å²) in [5, 5.41) is 3.24. The van der Waals surface area contributed by atoms with Crippen LogP contribution in [0.15, 0.2) is 48.5 Å². The minimum atomic E-state index is -0.566. The standard InChI is InChI=1S/C17H18ClNO3/c1-3-15(22-13-7-5-4-6-8-13)17(20)19-12-9-10-16(21-2)14(18)11-12/h4-11,15H,3H2,1-2H3,(H,19,20)/t15-/m0/s1. The summed E-state index contributed by atoms with van der Waals surface area (Å²) in [6.45, 7) is 1.90. The molecule has 0 aliphatic heterocycles. The number of para-hydroxylation sites is 1. The Hall–Kier alpha value is -2.20. The van der Waals surface area contributed by atoms with Crippen molar-refractivity contribution in [3.63, 3.8) is 0 Å². The Labute approximate surface area is 135 Å². The van der Waals surface area contributed by atoms with E-state index in [0.29, 0.717) is 28.6 Å². The van der Waals surface area contributed by atoms with E-state index in [-0.39, 0.29) is 5.91 Å². The molecule has 2 aromatic rings. The molecule has 1 N–H and O–H groups in total. The van der Waals surface area contributed by atoms with E-state index < -0.39 is 6.10 Å². The van der Waals surface area contributed by atoms with Gasteiger partial charge < -0.3 is 14.8 Å². The van der Waals surface area contributed by atoms with Gasteiger partial charge >= 0.3 is 0 Å². The molecule has 1 atom stereocenters. The number of amides is 1. The molecule has 0 aliphatic carbocycles.